The minimum absolute atomic E-state index is 0.0168. The fourth-order valence-electron chi connectivity index (χ4n) is 5.31. The number of imidazole rings is 1. The minimum Gasteiger partial charge on any atom is -0.386 e. The number of unbranched alkanes of at least 4 members (excludes halogenated alkanes) is 2. The van der Waals surface area contributed by atoms with Gasteiger partial charge in [-0.3, -0.25) is 32.5 Å². The normalized spacial score (nSPS) is 21.3. The number of nitrogen functional groups attached to an aromatic ring is 1. The van der Waals surface area contributed by atoms with Crippen LogP contribution in [0, 0.1) is 5.41 Å². The molecule has 0 saturated carbocycles. The van der Waals surface area contributed by atoms with E-state index in [1.807, 2.05) is 43.4 Å². The second-order valence-electron chi connectivity index (χ2n) is 13.9. The second kappa shape index (κ2) is 24.0. The summed E-state index contributed by atoms with van der Waals surface area (Å²) in [5, 5.41) is 26.5. The summed E-state index contributed by atoms with van der Waals surface area (Å²) in [6, 6.07) is 0. The maximum Gasteiger partial charge on any atom is 0.481 e. The number of carbonyl (C=O) groups is 3. The summed E-state index contributed by atoms with van der Waals surface area (Å²) in [5.41, 5.74) is 4.27. The quantitative estimate of drug-likeness (QED) is 0.0369. The van der Waals surface area contributed by atoms with E-state index >= 15 is 0 Å². The maximum absolute atomic E-state index is 12.7. The zero-order valence-electron chi connectivity index (χ0n) is 33.4. The number of hydrogen-bond donors (Lipinski definition) is 9. The topological polar surface area (TPSA) is 364 Å². The van der Waals surface area contributed by atoms with Crippen molar-refractivity contribution in [2.45, 2.75) is 83.5 Å². The summed E-state index contributed by atoms with van der Waals surface area (Å²) in [7, 11) is -16.4. The Labute approximate surface area is 354 Å². The summed E-state index contributed by atoms with van der Waals surface area (Å²) in [4.78, 5) is 87.9. The number of thioether (sulfide) groups is 1. The van der Waals surface area contributed by atoms with E-state index in [0.717, 1.165) is 48.2 Å². The van der Waals surface area contributed by atoms with E-state index in [2.05, 4.69) is 34.4 Å². The van der Waals surface area contributed by atoms with Crippen LogP contribution in [0.25, 0.3) is 11.2 Å². The summed E-state index contributed by atoms with van der Waals surface area (Å²) >= 11 is 1.11. The van der Waals surface area contributed by atoms with Crippen molar-refractivity contribution in [1.82, 2.24) is 30.2 Å². The highest BCUT2D eigenvalue weighted by molar-refractivity contribution is 8.13. The Kier molecular flexibility index (Phi) is 20.5. The van der Waals surface area contributed by atoms with Crippen LogP contribution in [0.2, 0.25) is 0 Å². The number of allylic oxidation sites excluding steroid dienone is 6. The van der Waals surface area contributed by atoms with Crippen molar-refractivity contribution >= 4 is 69.1 Å². The number of fused-ring (bicyclic) bond motifs is 1. The number of amides is 2. The molecule has 0 aromatic carbocycles. The molecule has 3 rings (SSSR count). The zero-order chi connectivity index (χ0) is 45.4. The van der Waals surface area contributed by atoms with E-state index in [4.69, 9.17) is 19.5 Å². The number of aliphatic hydroxyl groups excluding tert-OH is 2. The van der Waals surface area contributed by atoms with Gasteiger partial charge in [0.1, 0.15) is 36.3 Å². The Morgan fingerprint density at radius 3 is 2.41 bits per heavy atom. The van der Waals surface area contributed by atoms with Crippen LogP contribution < -0.4 is 16.4 Å². The molecule has 0 radical (unpaired) electrons. The maximum atomic E-state index is 12.7. The molecule has 7 atom stereocenters. The van der Waals surface area contributed by atoms with Crippen molar-refractivity contribution < 1.29 is 80.5 Å². The Hall–Kier alpha value is -3.22. The number of ether oxygens (including phenoxy) is 1. The van der Waals surface area contributed by atoms with Crippen LogP contribution >= 0.6 is 35.2 Å². The van der Waals surface area contributed by atoms with Crippen LogP contribution in [-0.2, 0) is 50.7 Å². The number of nitrogens with one attached hydrogen (secondary N) is 2. The number of carbonyl (C=O) groups excluding carboxylic acids is 3. The first-order valence-corrected chi connectivity index (χ1v) is 24.1. The van der Waals surface area contributed by atoms with Gasteiger partial charge >= 0.3 is 23.5 Å². The highest BCUT2D eigenvalue weighted by Crippen LogP contribution is 2.61. The molecule has 2 aromatic rings. The van der Waals surface area contributed by atoms with Crippen molar-refractivity contribution in [2.24, 2.45) is 5.41 Å². The molecule has 0 spiro atoms. The number of phosphoric acid groups is 3. The van der Waals surface area contributed by atoms with Gasteiger partial charge in [-0.15, -0.1) is 0 Å². The lowest BCUT2D eigenvalue weighted by Crippen LogP contribution is -2.46. The average Bonchev–Trinajstić information content (AvgIpc) is 3.73. The number of aliphatic hydroxyl groups is 2. The largest absolute Gasteiger partial charge is 0.481 e. The Morgan fingerprint density at radius 1 is 1.00 bits per heavy atom. The first kappa shape index (κ1) is 52.1. The van der Waals surface area contributed by atoms with Gasteiger partial charge in [0.05, 0.1) is 19.5 Å². The van der Waals surface area contributed by atoms with E-state index < -0.39 is 84.6 Å². The Bertz CT molecular complexity index is 2030. The average molecular weight is 944 g/mol. The standard InChI is InChI=1S/C33H52N7O17P3S/c1-4-5-6-7-8-9-10-11-12-13-24(42)61-17-16-35-23(41)14-15-36-31(45)28(44)33(2,3)19-54-60(51,52)57-59(49,50)53-18-22-27(56-58(46,47)48)26(43)32(55-22)40-21-39-25-29(34)37-20-38-30(25)40/h4-9,20-22,26-28,32,43-44H,10-19H2,1-3H3,(H,35,41)(H,36,45)(H,49,50)(H,51,52)(H2,34,37,38)(H2,46,47,48)/b5-4+,7-6+,9-8+. The number of hydrogen-bond acceptors (Lipinski definition) is 18. The van der Waals surface area contributed by atoms with Crippen LogP contribution in [0.1, 0.15) is 59.1 Å². The Balaban J connectivity index is 1.40. The fourth-order valence-corrected chi connectivity index (χ4v) is 8.86. The molecule has 1 saturated heterocycles. The molecule has 1 aliphatic rings. The summed E-state index contributed by atoms with van der Waals surface area (Å²) in [5.74, 6) is -1.08. The first-order chi connectivity index (χ1) is 28.6. The fraction of sp³-hybridized carbons (Fsp3) is 0.576. The van der Waals surface area contributed by atoms with Gasteiger partial charge in [-0.25, -0.2) is 28.6 Å². The van der Waals surface area contributed by atoms with Gasteiger partial charge in [-0.05, 0) is 26.2 Å². The summed E-state index contributed by atoms with van der Waals surface area (Å²) < 4.78 is 62.2. The third-order valence-corrected chi connectivity index (χ3v) is 12.5. The molecule has 1 aliphatic heterocycles. The van der Waals surface area contributed by atoms with Crippen molar-refractivity contribution in [3.8, 4) is 0 Å². The number of anilines is 1. The van der Waals surface area contributed by atoms with Crippen LogP contribution in [-0.4, -0.2) is 123 Å². The molecular formula is C33H52N7O17P3S. The molecule has 3 heterocycles. The molecule has 61 heavy (non-hydrogen) atoms. The van der Waals surface area contributed by atoms with Gasteiger partial charge in [-0.1, -0.05) is 62.1 Å². The van der Waals surface area contributed by atoms with Crippen LogP contribution in [0.5, 0.6) is 0 Å². The van der Waals surface area contributed by atoms with Gasteiger partial charge in [0.2, 0.25) is 11.8 Å². The van der Waals surface area contributed by atoms with Crippen LogP contribution in [0.15, 0.2) is 49.1 Å². The molecule has 7 unspecified atom stereocenters. The van der Waals surface area contributed by atoms with Crippen LogP contribution in [0.4, 0.5) is 5.82 Å². The van der Waals surface area contributed by atoms with Gasteiger partial charge in [-0.2, -0.15) is 4.31 Å². The first-order valence-electron chi connectivity index (χ1n) is 18.5. The monoisotopic (exact) mass is 943 g/mol. The molecule has 342 valence electrons. The summed E-state index contributed by atoms with van der Waals surface area (Å²) in [6.45, 7) is 2.44. The molecule has 1 fully saturated rings. The van der Waals surface area contributed by atoms with Gasteiger partial charge < -0.3 is 50.9 Å². The number of phosphoric ester groups is 3. The SMILES string of the molecule is C/C=C/C=C/C=C/CCCCC(=O)SCCNC(=O)CCNC(=O)C(O)C(C)(C)COP(=O)(O)OP(=O)(O)OCC1OC(n2cnc3c(N)ncnc32)C(O)C1OP(=O)(O)O. The molecule has 0 aliphatic carbocycles. The molecule has 2 amide bonds. The smallest absolute Gasteiger partial charge is 0.386 e. The Morgan fingerprint density at radius 2 is 1.70 bits per heavy atom. The van der Waals surface area contributed by atoms with Crippen molar-refractivity contribution in [3.05, 3.63) is 49.1 Å². The molecule has 2 aromatic heterocycles. The number of nitrogens with zero attached hydrogens (tertiary/aromatic N) is 4. The van der Waals surface area contributed by atoms with Crippen molar-refractivity contribution in [2.75, 3.05) is 37.8 Å². The second-order valence-corrected chi connectivity index (χ2v) is 19.3. The molecular weight excluding hydrogens is 891 g/mol. The predicted octanol–water partition coefficient (Wildman–Crippen LogP) is 1.91. The lowest BCUT2D eigenvalue weighted by molar-refractivity contribution is -0.137. The number of nitrogens with two attached hydrogens (primary N) is 1. The lowest BCUT2D eigenvalue weighted by Gasteiger charge is -2.30. The van der Waals surface area contributed by atoms with Gasteiger partial charge in [0.25, 0.3) is 0 Å². The van der Waals surface area contributed by atoms with E-state index in [-0.39, 0.29) is 41.6 Å². The highest BCUT2D eigenvalue weighted by atomic mass is 32.2. The molecule has 28 heteroatoms. The molecule has 10 N–H and O–H groups in total. The van der Waals surface area contributed by atoms with Crippen LogP contribution in [0.3, 0.4) is 0 Å². The minimum atomic E-state index is -5.57. The van der Waals surface area contributed by atoms with E-state index in [9.17, 15) is 57.9 Å². The lowest BCUT2D eigenvalue weighted by atomic mass is 9.87. The van der Waals surface area contributed by atoms with Crippen molar-refractivity contribution in [1.29, 1.82) is 0 Å². The van der Waals surface area contributed by atoms with Gasteiger partial charge in [0, 0.05) is 37.1 Å². The highest BCUT2D eigenvalue weighted by Gasteiger charge is 2.50. The van der Waals surface area contributed by atoms with E-state index in [0.29, 0.717) is 12.2 Å². The molecule has 0 bridgehead atoms. The number of rotatable bonds is 26. The zero-order valence-corrected chi connectivity index (χ0v) is 36.9. The van der Waals surface area contributed by atoms with Crippen molar-refractivity contribution in [3.63, 3.8) is 0 Å². The van der Waals surface area contributed by atoms with Gasteiger partial charge in [0.15, 0.2) is 22.8 Å². The van der Waals surface area contributed by atoms with E-state index in [1.54, 1.807) is 0 Å². The predicted molar refractivity (Wildman–Crippen MR) is 219 cm³/mol. The molecule has 24 nitrogen and oxygen atoms in total. The third-order valence-electron chi connectivity index (χ3n) is 8.43. The summed E-state index contributed by atoms with van der Waals surface area (Å²) in [6.07, 6.45) is 7.68. The van der Waals surface area contributed by atoms with E-state index in [1.165, 1.54) is 13.8 Å². The third kappa shape index (κ3) is 17.8. The number of aromatic nitrogens is 4.